The molecule has 0 radical (unpaired) electrons. The minimum Gasteiger partial charge on any atom is -0.396 e. The Hall–Kier alpha value is -0.860. The maximum atomic E-state index is 9.22. The van der Waals surface area contributed by atoms with Crippen molar-refractivity contribution in [1.29, 1.82) is 0 Å². The Kier molecular flexibility index (Phi) is 6.06. The van der Waals surface area contributed by atoms with Gasteiger partial charge in [0.25, 0.3) is 0 Å². The molecule has 0 amide bonds. The molecule has 0 atom stereocenters. The van der Waals surface area contributed by atoms with Gasteiger partial charge in [-0.05, 0) is 48.6 Å². The van der Waals surface area contributed by atoms with Gasteiger partial charge in [-0.15, -0.1) is 0 Å². The summed E-state index contributed by atoms with van der Waals surface area (Å²) in [5, 5.41) is 18.4. The fraction of sp³-hybridized carbons (Fsp3) is 0.667. The third-order valence-electron chi connectivity index (χ3n) is 4.86. The standard InChI is InChI=1S/C18H28O2/c1-2-3-14-4-6-15(7-5-14)16-8-10-17(11-9-16)18(12-19)13-20/h8-11,14-15,18-20H,2-7,12-13H2,1H3. The van der Waals surface area contributed by atoms with Crippen LogP contribution < -0.4 is 0 Å². The fourth-order valence-corrected chi connectivity index (χ4v) is 3.50. The highest BCUT2D eigenvalue weighted by Gasteiger charge is 2.21. The summed E-state index contributed by atoms with van der Waals surface area (Å²) in [5.41, 5.74) is 2.47. The second-order valence-corrected chi connectivity index (χ2v) is 6.24. The lowest BCUT2D eigenvalue weighted by Gasteiger charge is -2.28. The van der Waals surface area contributed by atoms with Gasteiger partial charge in [-0.3, -0.25) is 0 Å². The molecule has 2 heteroatoms. The van der Waals surface area contributed by atoms with Gasteiger partial charge in [0, 0.05) is 5.92 Å². The van der Waals surface area contributed by atoms with E-state index in [1.165, 1.54) is 44.1 Å². The topological polar surface area (TPSA) is 40.5 Å². The summed E-state index contributed by atoms with van der Waals surface area (Å²) < 4.78 is 0. The number of aliphatic hydroxyl groups is 2. The summed E-state index contributed by atoms with van der Waals surface area (Å²) in [7, 11) is 0. The summed E-state index contributed by atoms with van der Waals surface area (Å²) in [6.07, 6.45) is 8.07. The molecular formula is C18H28O2. The van der Waals surface area contributed by atoms with Gasteiger partial charge in [0.05, 0.1) is 13.2 Å². The van der Waals surface area contributed by atoms with E-state index < -0.39 is 0 Å². The van der Waals surface area contributed by atoms with Gasteiger partial charge in [0.2, 0.25) is 0 Å². The summed E-state index contributed by atoms with van der Waals surface area (Å²) in [6.45, 7) is 2.31. The van der Waals surface area contributed by atoms with E-state index in [4.69, 9.17) is 0 Å². The minimum absolute atomic E-state index is 0.0119. The van der Waals surface area contributed by atoms with Crippen LogP contribution in [-0.4, -0.2) is 23.4 Å². The average molecular weight is 276 g/mol. The third-order valence-corrected chi connectivity index (χ3v) is 4.86. The molecule has 1 aliphatic carbocycles. The lowest BCUT2D eigenvalue weighted by molar-refractivity contribution is 0.192. The van der Waals surface area contributed by atoms with Crippen molar-refractivity contribution in [3.8, 4) is 0 Å². The Morgan fingerprint density at radius 2 is 1.60 bits per heavy atom. The molecule has 2 N–H and O–H groups in total. The van der Waals surface area contributed by atoms with E-state index in [-0.39, 0.29) is 19.1 Å². The van der Waals surface area contributed by atoms with Crippen LogP contribution in [0.15, 0.2) is 24.3 Å². The van der Waals surface area contributed by atoms with Gasteiger partial charge in [-0.2, -0.15) is 0 Å². The number of hydrogen-bond donors (Lipinski definition) is 2. The summed E-state index contributed by atoms with van der Waals surface area (Å²) >= 11 is 0. The van der Waals surface area contributed by atoms with E-state index >= 15 is 0 Å². The van der Waals surface area contributed by atoms with Crippen LogP contribution in [0.5, 0.6) is 0 Å². The molecule has 0 saturated heterocycles. The maximum Gasteiger partial charge on any atom is 0.0521 e. The molecule has 0 aliphatic heterocycles. The van der Waals surface area contributed by atoms with Crippen LogP contribution in [0.4, 0.5) is 0 Å². The van der Waals surface area contributed by atoms with E-state index in [1.54, 1.807) is 0 Å². The lowest BCUT2D eigenvalue weighted by Crippen LogP contribution is -2.13. The molecule has 1 aliphatic rings. The predicted molar refractivity (Wildman–Crippen MR) is 83.0 cm³/mol. The van der Waals surface area contributed by atoms with Crippen molar-refractivity contribution in [2.45, 2.75) is 57.3 Å². The zero-order chi connectivity index (χ0) is 14.4. The number of benzene rings is 1. The largest absolute Gasteiger partial charge is 0.396 e. The molecule has 1 saturated carbocycles. The molecule has 1 aromatic carbocycles. The Balaban J connectivity index is 1.94. The quantitative estimate of drug-likeness (QED) is 0.829. The fourth-order valence-electron chi connectivity index (χ4n) is 3.50. The Morgan fingerprint density at radius 1 is 1.00 bits per heavy atom. The molecule has 0 unspecified atom stereocenters. The van der Waals surface area contributed by atoms with E-state index in [0.717, 1.165) is 11.5 Å². The van der Waals surface area contributed by atoms with Crippen LogP contribution in [0.2, 0.25) is 0 Å². The van der Waals surface area contributed by atoms with Crippen molar-refractivity contribution in [3.63, 3.8) is 0 Å². The first kappa shape index (κ1) is 15.5. The summed E-state index contributed by atoms with van der Waals surface area (Å²) in [6, 6.07) is 8.53. The molecule has 1 fully saturated rings. The van der Waals surface area contributed by atoms with Crippen molar-refractivity contribution in [1.82, 2.24) is 0 Å². The van der Waals surface area contributed by atoms with Crippen LogP contribution in [0.1, 0.15) is 68.4 Å². The normalized spacial score (nSPS) is 23.2. The molecule has 0 spiro atoms. The molecular weight excluding hydrogens is 248 g/mol. The van der Waals surface area contributed by atoms with Gasteiger partial charge in [-0.1, -0.05) is 44.0 Å². The predicted octanol–water partition coefficient (Wildman–Crippen LogP) is 3.83. The van der Waals surface area contributed by atoms with Crippen molar-refractivity contribution in [3.05, 3.63) is 35.4 Å². The van der Waals surface area contributed by atoms with Crippen LogP contribution in [0.25, 0.3) is 0 Å². The van der Waals surface area contributed by atoms with Crippen LogP contribution in [0.3, 0.4) is 0 Å². The van der Waals surface area contributed by atoms with Gasteiger partial charge in [0.15, 0.2) is 0 Å². The lowest BCUT2D eigenvalue weighted by atomic mass is 9.77. The second-order valence-electron chi connectivity index (χ2n) is 6.24. The third kappa shape index (κ3) is 3.83. The Morgan fingerprint density at radius 3 is 2.10 bits per heavy atom. The van der Waals surface area contributed by atoms with Gasteiger partial charge < -0.3 is 10.2 Å². The SMILES string of the molecule is CCCC1CCC(c2ccc(C(CO)CO)cc2)CC1. The van der Waals surface area contributed by atoms with Crippen LogP contribution >= 0.6 is 0 Å². The summed E-state index contributed by atoms with van der Waals surface area (Å²) in [4.78, 5) is 0. The van der Waals surface area contributed by atoms with Crippen molar-refractivity contribution in [2.24, 2.45) is 5.92 Å². The molecule has 112 valence electrons. The van der Waals surface area contributed by atoms with Gasteiger partial charge in [-0.25, -0.2) is 0 Å². The number of rotatable bonds is 6. The maximum absolute atomic E-state index is 9.22. The van der Waals surface area contributed by atoms with Gasteiger partial charge >= 0.3 is 0 Å². The zero-order valence-electron chi connectivity index (χ0n) is 12.6. The first-order valence-electron chi connectivity index (χ1n) is 8.10. The minimum atomic E-state index is -0.135. The highest BCUT2D eigenvalue weighted by Crippen LogP contribution is 2.37. The van der Waals surface area contributed by atoms with E-state index in [1.807, 2.05) is 0 Å². The van der Waals surface area contributed by atoms with Crippen molar-refractivity contribution >= 4 is 0 Å². The molecule has 20 heavy (non-hydrogen) atoms. The van der Waals surface area contributed by atoms with Crippen molar-refractivity contribution < 1.29 is 10.2 Å². The van der Waals surface area contributed by atoms with E-state index in [2.05, 4.69) is 31.2 Å². The van der Waals surface area contributed by atoms with Crippen molar-refractivity contribution in [2.75, 3.05) is 13.2 Å². The van der Waals surface area contributed by atoms with E-state index in [0.29, 0.717) is 5.92 Å². The average Bonchev–Trinajstić information content (AvgIpc) is 2.50. The van der Waals surface area contributed by atoms with E-state index in [9.17, 15) is 10.2 Å². The number of hydrogen-bond acceptors (Lipinski definition) is 2. The Labute approximate surface area is 122 Å². The van der Waals surface area contributed by atoms with Crippen LogP contribution in [0, 0.1) is 5.92 Å². The zero-order valence-corrected chi connectivity index (χ0v) is 12.6. The van der Waals surface area contributed by atoms with Crippen LogP contribution in [-0.2, 0) is 0 Å². The molecule has 2 nitrogen and oxygen atoms in total. The molecule has 0 aromatic heterocycles. The first-order valence-corrected chi connectivity index (χ1v) is 8.10. The molecule has 1 aromatic rings. The van der Waals surface area contributed by atoms with Gasteiger partial charge in [0.1, 0.15) is 0 Å². The highest BCUT2D eigenvalue weighted by atomic mass is 16.3. The number of aliphatic hydroxyl groups excluding tert-OH is 2. The monoisotopic (exact) mass is 276 g/mol. The Bertz CT molecular complexity index is 373. The molecule has 0 heterocycles. The second kappa shape index (κ2) is 7.80. The molecule has 2 rings (SSSR count). The summed E-state index contributed by atoms with van der Waals surface area (Å²) in [5.74, 6) is 1.52. The first-order chi connectivity index (χ1) is 9.78. The highest BCUT2D eigenvalue weighted by molar-refractivity contribution is 5.28. The smallest absolute Gasteiger partial charge is 0.0521 e. The molecule has 0 bridgehead atoms.